The fraction of sp³-hybridized carbons (Fsp3) is 0.327. The highest BCUT2D eigenvalue weighted by Crippen LogP contribution is 2.65. The minimum absolute atomic E-state index is 0.0262. The van der Waals surface area contributed by atoms with Gasteiger partial charge < -0.3 is 19.3 Å². The number of thioether (sulfide) groups is 1. The number of halogens is 4. The maximum atomic E-state index is 16.3. The molecule has 11 aliphatic rings. The third-order valence-corrected chi connectivity index (χ3v) is 26.6. The summed E-state index contributed by atoms with van der Waals surface area (Å²) in [4.78, 5) is 5.66. The number of nitrogens with zero attached hydrogens (tertiary/aromatic N) is 2. The van der Waals surface area contributed by atoms with Crippen molar-refractivity contribution >= 4 is 28.7 Å². The van der Waals surface area contributed by atoms with E-state index in [4.69, 9.17) is 9.47 Å². The average molecular weight is 1440 g/mol. The lowest BCUT2D eigenvalue weighted by Crippen LogP contribution is -2.47. The number of hydrogen-bond acceptors (Lipinski definition) is 5. The lowest BCUT2D eigenvalue weighted by atomic mass is 9.59. The number of rotatable bonds is 16. The molecule has 6 aromatic carbocycles. The van der Waals surface area contributed by atoms with Crippen molar-refractivity contribution in [2.45, 2.75) is 174 Å². The molecule has 0 radical (unpaired) electrons. The maximum Gasteiger partial charge on any atom is 0.156 e. The van der Waals surface area contributed by atoms with Gasteiger partial charge in [0.15, 0.2) is 24.0 Å². The summed E-state index contributed by atoms with van der Waals surface area (Å²) in [5.41, 5.74) is 16.6. The molecule has 0 amide bonds. The van der Waals surface area contributed by atoms with Gasteiger partial charge in [-0.3, -0.25) is 0 Å². The first-order valence-electron chi connectivity index (χ1n) is 39.0. The number of ether oxygens (including phenoxy) is 2. The van der Waals surface area contributed by atoms with Crippen LogP contribution in [0.25, 0.3) is 5.57 Å². The van der Waals surface area contributed by atoms with E-state index in [1.807, 2.05) is 23.9 Å². The molecule has 15 atom stereocenters. The summed E-state index contributed by atoms with van der Waals surface area (Å²) in [5.74, 6) is 0.710. The highest BCUT2D eigenvalue weighted by Gasteiger charge is 2.61. The van der Waals surface area contributed by atoms with Gasteiger partial charge in [-0.25, -0.2) is 17.6 Å². The van der Waals surface area contributed by atoms with Crippen LogP contribution in [0.3, 0.4) is 0 Å². The molecular weight excluding hydrogens is 1350 g/mol. The number of benzene rings is 6. The monoisotopic (exact) mass is 1440 g/mol. The molecule has 15 unspecified atom stereocenters. The van der Waals surface area contributed by atoms with Gasteiger partial charge in [-0.15, -0.1) is 18.3 Å². The normalized spacial score (nSPS) is 30.0. The van der Waals surface area contributed by atoms with Crippen LogP contribution in [0.2, 0.25) is 0 Å². The van der Waals surface area contributed by atoms with Gasteiger partial charge in [-0.1, -0.05) is 206 Å². The van der Waals surface area contributed by atoms with Crippen LogP contribution in [0, 0.1) is 29.6 Å². The van der Waals surface area contributed by atoms with Crippen LogP contribution in [-0.2, 0) is 21.7 Å². The Morgan fingerprint density at radius 1 is 0.561 bits per heavy atom. The highest BCUT2D eigenvalue weighted by molar-refractivity contribution is 8.00. The summed E-state index contributed by atoms with van der Waals surface area (Å²) in [5, 5.41) is 0.0310. The summed E-state index contributed by atoms with van der Waals surface area (Å²) in [6.45, 7) is 21.6. The van der Waals surface area contributed by atoms with Crippen molar-refractivity contribution in [3.8, 4) is 11.5 Å². The van der Waals surface area contributed by atoms with Gasteiger partial charge in [0.2, 0.25) is 0 Å². The molecule has 6 aromatic rings. The minimum atomic E-state index is -1.86. The quantitative estimate of drug-likeness (QED) is 0.0710. The maximum absolute atomic E-state index is 16.3. The Balaban J connectivity index is 0.762. The van der Waals surface area contributed by atoms with E-state index in [0.717, 1.165) is 102 Å². The van der Waals surface area contributed by atoms with Crippen molar-refractivity contribution in [1.82, 2.24) is 4.90 Å². The zero-order chi connectivity index (χ0) is 73.7. The van der Waals surface area contributed by atoms with E-state index >= 15 is 17.6 Å². The molecule has 0 spiro atoms. The van der Waals surface area contributed by atoms with E-state index in [9.17, 15) is 0 Å². The number of allylic oxidation sites excluding steroid dienone is 19. The van der Waals surface area contributed by atoms with E-state index in [1.54, 1.807) is 6.08 Å². The zero-order valence-corrected chi connectivity index (χ0v) is 63.1. The van der Waals surface area contributed by atoms with Gasteiger partial charge >= 0.3 is 0 Å². The first-order chi connectivity index (χ1) is 51.8. The summed E-state index contributed by atoms with van der Waals surface area (Å²) in [7, 11) is 0. The number of alkyl halides is 2. The Morgan fingerprint density at radius 3 is 1.89 bits per heavy atom. The van der Waals surface area contributed by atoms with Gasteiger partial charge in [0.25, 0.3) is 0 Å². The average Bonchev–Trinajstić information content (AvgIpc) is 1.54. The largest absolute Gasteiger partial charge is 0.486 e. The summed E-state index contributed by atoms with van der Waals surface area (Å²) < 4.78 is 77.0. The fourth-order valence-electron chi connectivity index (χ4n) is 19.9. The van der Waals surface area contributed by atoms with E-state index in [2.05, 4.69) is 283 Å². The third kappa shape index (κ3) is 12.6. The standard InChI is InChI=1S/C98H96F4N2O2S/c1-9-61-19-41-75(42-20-61)105-77-45-31-67(32-46-77)97(65-27-23-63(24-28-65)95(3,4)5)85-17-13-11-15-79(85)81-49-35-71(57-87(81)97)103(73-37-51-89(99)91(101)59-73)69-39-53-93-83(55-69)84-56-70(40-54-94(84)107-93)104(74-38-52-90(100)92(102)60-74)72-36-50-82-80-16-12-14-18-86(80)98(88(82)58-72,66-29-25-64(26-30-66)96(6,7)8)68-33-47-78(48-34-68)106-76-43-21-62(10-2)22-44-76/h9-11,13,15,17,19-21,23-36,38-41,43,45-56,58-60,62,71,73,75-76,79,81,83,85,87,90,92-93H,1-2,12,14,16,18,22,37,42,44,57H2,3-8H3. The predicted octanol–water partition coefficient (Wildman–Crippen LogP) is 24.7. The second-order valence-corrected chi connectivity index (χ2v) is 34.6. The Hall–Kier alpha value is -9.31. The van der Waals surface area contributed by atoms with Crippen molar-refractivity contribution in [3.05, 3.63) is 358 Å². The van der Waals surface area contributed by atoms with Gasteiger partial charge in [0.05, 0.1) is 11.5 Å². The van der Waals surface area contributed by atoms with Crippen LogP contribution in [-0.4, -0.2) is 46.8 Å². The van der Waals surface area contributed by atoms with Gasteiger partial charge in [-0.05, 0) is 262 Å². The molecule has 1 heterocycles. The number of fused-ring (bicyclic) bond motifs is 8. The Morgan fingerprint density at radius 2 is 1.22 bits per heavy atom. The molecule has 0 bridgehead atoms. The van der Waals surface area contributed by atoms with E-state index in [1.165, 1.54) is 74.4 Å². The van der Waals surface area contributed by atoms with Crippen molar-refractivity contribution in [3.63, 3.8) is 0 Å². The molecule has 544 valence electrons. The summed E-state index contributed by atoms with van der Waals surface area (Å²) >= 11 is 1.82. The summed E-state index contributed by atoms with van der Waals surface area (Å²) in [6, 6.07) is 49.2. The lowest BCUT2D eigenvalue weighted by Gasteiger charge is -2.48. The molecule has 1 aliphatic heterocycles. The molecule has 1 saturated carbocycles. The van der Waals surface area contributed by atoms with Crippen molar-refractivity contribution in [1.29, 1.82) is 0 Å². The van der Waals surface area contributed by atoms with Crippen LogP contribution in [0.5, 0.6) is 11.5 Å². The molecule has 0 aromatic heterocycles. The Bertz CT molecular complexity index is 4920. The molecule has 4 nitrogen and oxygen atoms in total. The molecule has 0 saturated heterocycles. The van der Waals surface area contributed by atoms with Crippen LogP contribution < -0.4 is 14.4 Å². The molecule has 9 heteroatoms. The van der Waals surface area contributed by atoms with E-state index in [0.29, 0.717) is 11.6 Å². The molecule has 0 N–H and O–H groups in total. The topological polar surface area (TPSA) is 24.9 Å². The smallest absolute Gasteiger partial charge is 0.156 e. The molecule has 1 fully saturated rings. The summed E-state index contributed by atoms with van der Waals surface area (Å²) in [6.07, 6.45) is 47.1. The second-order valence-electron chi connectivity index (χ2n) is 33.4. The first-order valence-corrected chi connectivity index (χ1v) is 39.9. The van der Waals surface area contributed by atoms with E-state index < -0.39 is 40.9 Å². The van der Waals surface area contributed by atoms with E-state index in [-0.39, 0.29) is 70.3 Å². The third-order valence-electron chi connectivity index (χ3n) is 25.2. The molecule has 107 heavy (non-hydrogen) atoms. The van der Waals surface area contributed by atoms with Crippen molar-refractivity contribution in [2.24, 2.45) is 29.6 Å². The lowest BCUT2D eigenvalue weighted by molar-refractivity contribution is 0.171. The van der Waals surface area contributed by atoms with Gasteiger partial charge in [0, 0.05) is 56.7 Å². The highest BCUT2D eigenvalue weighted by atomic mass is 32.2. The molecule has 17 rings (SSSR count). The second kappa shape index (κ2) is 28.0. The number of anilines is 2. The van der Waals surface area contributed by atoms with Crippen molar-refractivity contribution in [2.75, 3.05) is 4.90 Å². The zero-order valence-electron chi connectivity index (χ0n) is 62.2. The van der Waals surface area contributed by atoms with Gasteiger partial charge in [0.1, 0.15) is 23.7 Å². The van der Waals surface area contributed by atoms with Crippen LogP contribution in [0.4, 0.5) is 28.9 Å². The first kappa shape index (κ1) is 70.7. The van der Waals surface area contributed by atoms with Crippen molar-refractivity contribution < 1.29 is 27.0 Å². The predicted molar refractivity (Wildman–Crippen MR) is 432 cm³/mol. The van der Waals surface area contributed by atoms with Crippen LogP contribution >= 0.6 is 11.8 Å². The molecular formula is C98H96F4N2O2S. The Kier molecular flexibility index (Phi) is 18.5. The number of hydrogen-bond donors (Lipinski definition) is 0. The fourth-order valence-corrected chi connectivity index (χ4v) is 21.2. The van der Waals surface area contributed by atoms with Crippen LogP contribution in [0.15, 0.2) is 313 Å². The van der Waals surface area contributed by atoms with Gasteiger partial charge in [-0.2, -0.15) is 0 Å². The van der Waals surface area contributed by atoms with Crippen LogP contribution in [0.1, 0.15) is 155 Å². The minimum Gasteiger partial charge on any atom is -0.486 e. The SMILES string of the molecule is C=CC1=CCC(Oc2ccc(C3(c4ccc(C(C)(C)C)cc4)C4C=CC=CC4C4C=CC(N(C5=CC6c7cc(N(C8=CC(F)C(F)C=C8)c8ccc9c(c8)C(c8ccc(OC%10C=CC(C=C)CC%10)cc8)(c8ccc(C(C)(C)C)cc8)C8=C9CCCC8)ccc7SC6C=C5)C5C=C(F)C(F)=CC5)CC43)cc2)C=C1. The molecule has 10 aliphatic carbocycles. The Labute approximate surface area is 634 Å².